The van der Waals surface area contributed by atoms with E-state index in [0.29, 0.717) is 0 Å². The third-order valence-electron chi connectivity index (χ3n) is 4.89. The standard InChI is InChI=1S/C25H30N2O/c1-26(2)18-10-11-21-16-17-22(25(19-21)28-3)20-27(23-12-6-4-7-13-23)24-14-8-5-9-15-24/h4-9,12-17,19H,10-11,18,20H2,1-3H3. The van der Waals surface area contributed by atoms with E-state index in [2.05, 4.69) is 103 Å². The Labute approximate surface area is 169 Å². The van der Waals surface area contributed by atoms with Gasteiger partial charge in [-0.15, -0.1) is 0 Å². The molecule has 0 fully saturated rings. The summed E-state index contributed by atoms with van der Waals surface area (Å²) in [5, 5.41) is 0. The Hall–Kier alpha value is -2.78. The lowest BCUT2D eigenvalue weighted by atomic mass is 10.0. The Bertz CT molecular complexity index is 807. The summed E-state index contributed by atoms with van der Waals surface area (Å²) < 4.78 is 5.75. The summed E-state index contributed by atoms with van der Waals surface area (Å²) in [7, 11) is 5.99. The minimum Gasteiger partial charge on any atom is -0.496 e. The first kappa shape index (κ1) is 20.0. The van der Waals surface area contributed by atoms with E-state index in [1.165, 1.54) is 22.5 Å². The second-order valence-electron chi connectivity index (χ2n) is 7.31. The van der Waals surface area contributed by atoms with Gasteiger partial charge in [-0.25, -0.2) is 0 Å². The monoisotopic (exact) mass is 374 g/mol. The number of aryl methyl sites for hydroxylation is 1. The van der Waals surface area contributed by atoms with Gasteiger partial charge in [0.1, 0.15) is 5.75 Å². The van der Waals surface area contributed by atoms with Crippen LogP contribution in [0.15, 0.2) is 78.9 Å². The number of para-hydroxylation sites is 2. The molecule has 0 radical (unpaired) electrons. The van der Waals surface area contributed by atoms with Crippen LogP contribution in [0.5, 0.6) is 5.75 Å². The minimum absolute atomic E-state index is 0.759. The predicted molar refractivity (Wildman–Crippen MR) is 119 cm³/mol. The molecule has 3 nitrogen and oxygen atoms in total. The second kappa shape index (κ2) is 9.95. The van der Waals surface area contributed by atoms with Crippen LogP contribution in [0.4, 0.5) is 11.4 Å². The molecular formula is C25H30N2O. The quantitative estimate of drug-likeness (QED) is 0.490. The smallest absolute Gasteiger partial charge is 0.124 e. The maximum atomic E-state index is 5.75. The third kappa shape index (κ3) is 5.37. The predicted octanol–water partition coefficient (Wildman–Crippen LogP) is 5.53. The minimum atomic E-state index is 0.759. The second-order valence-corrected chi connectivity index (χ2v) is 7.31. The lowest BCUT2D eigenvalue weighted by Gasteiger charge is -2.26. The lowest BCUT2D eigenvalue weighted by Crippen LogP contribution is -2.17. The van der Waals surface area contributed by atoms with Crippen LogP contribution in [0.1, 0.15) is 17.5 Å². The molecule has 0 saturated heterocycles. The molecule has 3 aromatic rings. The van der Waals surface area contributed by atoms with E-state index in [-0.39, 0.29) is 0 Å². The van der Waals surface area contributed by atoms with Crippen LogP contribution in [0.2, 0.25) is 0 Å². The molecule has 0 aliphatic carbocycles. The van der Waals surface area contributed by atoms with E-state index < -0.39 is 0 Å². The highest BCUT2D eigenvalue weighted by molar-refractivity contribution is 5.63. The van der Waals surface area contributed by atoms with E-state index in [1.807, 2.05) is 0 Å². The van der Waals surface area contributed by atoms with Crippen LogP contribution < -0.4 is 9.64 Å². The molecule has 3 rings (SSSR count). The molecule has 0 bridgehead atoms. The van der Waals surface area contributed by atoms with E-state index in [9.17, 15) is 0 Å². The van der Waals surface area contributed by atoms with Crippen LogP contribution >= 0.6 is 0 Å². The number of nitrogens with zero attached hydrogens (tertiary/aromatic N) is 2. The molecule has 146 valence electrons. The highest BCUT2D eigenvalue weighted by atomic mass is 16.5. The average molecular weight is 375 g/mol. The molecular weight excluding hydrogens is 344 g/mol. The Balaban J connectivity index is 1.84. The molecule has 0 spiro atoms. The molecule has 0 saturated carbocycles. The summed E-state index contributed by atoms with van der Waals surface area (Å²) >= 11 is 0. The van der Waals surface area contributed by atoms with E-state index in [0.717, 1.165) is 31.7 Å². The molecule has 0 N–H and O–H groups in total. The number of hydrogen-bond donors (Lipinski definition) is 0. The zero-order chi connectivity index (χ0) is 19.8. The number of methoxy groups -OCH3 is 1. The number of ether oxygens (including phenoxy) is 1. The van der Waals surface area contributed by atoms with Gasteiger partial charge in [0.15, 0.2) is 0 Å². The number of rotatable bonds is 9. The zero-order valence-corrected chi connectivity index (χ0v) is 17.1. The molecule has 3 aromatic carbocycles. The van der Waals surface area contributed by atoms with Crippen molar-refractivity contribution in [3.8, 4) is 5.75 Å². The normalized spacial score (nSPS) is 10.9. The van der Waals surface area contributed by atoms with Crippen LogP contribution in [0.25, 0.3) is 0 Å². The van der Waals surface area contributed by atoms with Crippen molar-refractivity contribution in [2.45, 2.75) is 19.4 Å². The van der Waals surface area contributed by atoms with Crippen LogP contribution in [-0.2, 0) is 13.0 Å². The molecule has 0 aliphatic rings. The Morgan fingerprint density at radius 1 is 0.786 bits per heavy atom. The first-order chi connectivity index (χ1) is 13.7. The largest absolute Gasteiger partial charge is 0.496 e. The van der Waals surface area contributed by atoms with Gasteiger partial charge in [0.25, 0.3) is 0 Å². The molecule has 0 heterocycles. The summed E-state index contributed by atoms with van der Waals surface area (Å²) in [6.45, 7) is 1.86. The van der Waals surface area contributed by atoms with Crippen LogP contribution in [-0.4, -0.2) is 32.6 Å². The highest BCUT2D eigenvalue weighted by Crippen LogP contribution is 2.30. The summed E-state index contributed by atoms with van der Waals surface area (Å²) in [6, 6.07) is 27.7. The maximum Gasteiger partial charge on any atom is 0.124 e. The molecule has 0 atom stereocenters. The lowest BCUT2D eigenvalue weighted by molar-refractivity contribution is 0.398. The maximum absolute atomic E-state index is 5.75. The Morgan fingerprint density at radius 2 is 1.39 bits per heavy atom. The fraction of sp³-hybridized carbons (Fsp3) is 0.280. The van der Waals surface area contributed by atoms with E-state index in [4.69, 9.17) is 4.74 Å². The van der Waals surface area contributed by atoms with Gasteiger partial charge in [-0.05, 0) is 69.4 Å². The Kier molecular flexibility index (Phi) is 7.10. The summed E-state index contributed by atoms with van der Waals surface area (Å²) in [5.41, 5.74) is 4.86. The third-order valence-corrected chi connectivity index (χ3v) is 4.89. The summed E-state index contributed by atoms with van der Waals surface area (Å²) in [4.78, 5) is 4.55. The van der Waals surface area contributed by atoms with Crippen LogP contribution in [0.3, 0.4) is 0 Å². The molecule has 0 aliphatic heterocycles. The zero-order valence-electron chi connectivity index (χ0n) is 17.1. The van der Waals surface area contributed by atoms with Crippen LogP contribution in [0, 0.1) is 0 Å². The molecule has 0 unspecified atom stereocenters. The van der Waals surface area contributed by atoms with Gasteiger partial charge in [-0.3, -0.25) is 0 Å². The molecule has 0 aromatic heterocycles. The van der Waals surface area contributed by atoms with Gasteiger partial charge in [0.2, 0.25) is 0 Å². The number of anilines is 2. The van der Waals surface area contributed by atoms with Crippen molar-refractivity contribution in [3.05, 3.63) is 90.0 Å². The average Bonchev–Trinajstić information content (AvgIpc) is 2.73. The molecule has 28 heavy (non-hydrogen) atoms. The summed E-state index contributed by atoms with van der Waals surface area (Å²) in [5.74, 6) is 0.958. The van der Waals surface area contributed by atoms with Crippen molar-refractivity contribution in [2.24, 2.45) is 0 Å². The van der Waals surface area contributed by atoms with Gasteiger partial charge in [-0.1, -0.05) is 48.5 Å². The van der Waals surface area contributed by atoms with Crippen molar-refractivity contribution < 1.29 is 4.74 Å². The number of benzene rings is 3. The summed E-state index contributed by atoms with van der Waals surface area (Å²) in [6.07, 6.45) is 2.21. The fourth-order valence-electron chi connectivity index (χ4n) is 3.39. The van der Waals surface area contributed by atoms with E-state index in [1.54, 1.807) is 7.11 Å². The van der Waals surface area contributed by atoms with Crippen molar-refractivity contribution in [1.82, 2.24) is 4.90 Å². The van der Waals surface area contributed by atoms with Gasteiger partial charge in [-0.2, -0.15) is 0 Å². The van der Waals surface area contributed by atoms with Gasteiger partial charge in [0, 0.05) is 16.9 Å². The first-order valence-corrected chi connectivity index (χ1v) is 9.85. The fourth-order valence-corrected chi connectivity index (χ4v) is 3.39. The molecule has 0 amide bonds. The van der Waals surface area contributed by atoms with Gasteiger partial charge >= 0.3 is 0 Å². The van der Waals surface area contributed by atoms with Gasteiger partial charge in [0.05, 0.1) is 13.7 Å². The van der Waals surface area contributed by atoms with Crippen molar-refractivity contribution in [2.75, 3.05) is 32.6 Å². The van der Waals surface area contributed by atoms with Crippen molar-refractivity contribution >= 4 is 11.4 Å². The van der Waals surface area contributed by atoms with Crippen molar-refractivity contribution in [1.29, 1.82) is 0 Å². The van der Waals surface area contributed by atoms with Crippen molar-refractivity contribution in [3.63, 3.8) is 0 Å². The van der Waals surface area contributed by atoms with E-state index >= 15 is 0 Å². The Morgan fingerprint density at radius 3 is 1.93 bits per heavy atom. The molecule has 3 heteroatoms. The SMILES string of the molecule is COc1cc(CCCN(C)C)ccc1CN(c1ccccc1)c1ccccc1. The highest BCUT2D eigenvalue weighted by Gasteiger charge is 2.13. The van der Waals surface area contributed by atoms with Gasteiger partial charge < -0.3 is 14.5 Å². The number of hydrogen-bond acceptors (Lipinski definition) is 3. The topological polar surface area (TPSA) is 15.7 Å². The first-order valence-electron chi connectivity index (χ1n) is 9.85.